The average Bonchev–Trinajstić information content (AvgIpc) is 2.91. The highest BCUT2D eigenvalue weighted by atomic mass is 16.5. The molecule has 5 nitrogen and oxygen atoms in total. The lowest BCUT2D eigenvalue weighted by molar-refractivity contribution is 0.202. The van der Waals surface area contributed by atoms with Crippen LogP contribution in [0.15, 0.2) is 24.4 Å². The van der Waals surface area contributed by atoms with E-state index in [1.165, 1.54) is 6.20 Å². The smallest absolute Gasteiger partial charge is 0.128 e. The Labute approximate surface area is 98.4 Å². The Balaban J connectivity index is 2.03. The van der Waals surface area contributed by atoms with E-state index >= 15 is 0 Å². The zero-order valence-electron chi connectivity index (χ0n) is 9.26. The molecule has 2 heterocycles. The molecule has 0 amide bonds. The Morgan fingerprint density at radius 3 is 3.18 bits per heavy atom. The second kappa shape index (κ2) is 4.18. The molecule has 1 aliphatic rings. The molecule has 1 aromatic carbocycles. The van der Waals surface area contributed by atoms with Crippen LogP contribution in [-0.2, 0) is 6.42 Å². The molecule has 0 saturated carbocycles. The largest absolute Gasteiger partial charge is 0.493 e. The molecule has 0 bridgehead atoms. The molecule has 1 atom stereocenters. The number of para-hydroxylation sites is 1. The number of H-pyrrole nitrogens is 1. The van der Waals surface area contributed by atoms with Crippen molar-refractivity contribution in [3.05, 3.63) is 41.2 Å². The maximum Gasteiger partial charge on any atom is 0.128 e. The highest BCUT2D eigenvalue weighted by molar-refractivity contribution is 5.45. The summed E-state index contributed by atoms with van der Waals surface area (Å²) in [7, 11) is 0. The van der Waals surface area contributed by atoms with Gasteiger partial charge in [0.25, 0.3) is 0 Å². The van der Waals surface area contributed by atoms with E-state index in [9.17, 15) is 5.11 Å². The molecule has 0 saturated heterocycles. The quantitative estimate of drug-likeness (QED) is 0.815. The van der Waals surface area contributed by atoms with Crippen molar-refractivity contribution in [1.29, 1.82) is 0 Å². The number of aliphatic hydroxyl groups is 1. The first-order chi connectivity index (χ1) is 8.36. The summed E-state index contributed by atoms with van der Waals surface area (Å²) in [6.07, 6.45) is 2.75. The number of hydrogen-bond acceptors (Lipinski definition) is 4. The van der Waals surface area contributed by atoms with E-state index in [2.05, 4.69) is 15.4 Å². The minimum atomic E-state index is -0.790. The van der Waals surface area contributed by atoms with Crippen molar-refractivity contribution in [3.63, 3.8) is 0 Å². The van der Waals surface area contributed by atoms with E-state index < -0.39 is 6.10 Å². The van der Waals surface area contributed by atoms with Gasteiger partial charge in [0.15, 0.2) is 0 Å². The predicted octanol–water partition coefficient (Wildman–Crippen LogP) is 1.21. The predicted molar refractivity (Wildman–Crippen MR) is 60.7 cm³/mol. The van der Waals surface area contributed by atoms with Gasteiger partial charge in [0.2, 0.25) is 0 Å². The van der Waals surface area contributed by atoms with Gasteiger partial charge in [-0.2, -0.15) is 15.4 Å². The molecule has 0 radical (unpaired) electrons. The van der Waals surface area contributed by atoms with Crippen LogP contribution in [-0.4, -0.2) is 27.1 Å². The van der Waals surface area contributed by atoms with Gasteiger partial charge in [-0.1, -0.05) is 18.2 Å². The Kier molecular flexibility index (Phi) is 2.53. The van der Waals surface area contributed by atoms with E-state index in [1.54, 1.807) is 0 Å². The second-order valence-electron chi connectivity index (χ2n) is 4.08. The SMILES string of the molecule is OC(c1cn[nH]n1)c1cccc2c1OCCC2. The van der Waals surface area contributed by atoms with Gasteiger partial charge >= 0.3 is 0 Å². The first-order valence-electron chi connectivity index (χ1n) is 5.64. The Hall–Kier alpha value is -1.88. The third kappa shape index (κ3) is 1.78. The van der Waals surface area contributed by atoms with Crippen molar-refractivity contribution in [2.45, 2.75) is 18.9 Å². The van der Waals surface area contributed by atoms with E-state index in [0.29, 0.717) is 12.3 Å². The molecule has 3 rings (SSSR count). The van der Waals surface area contributed by atoms with Gasteiger partial charge in [-0.25, -0.2) is 0 Å². The lowest BCUT2D eigenvalue weighted by atomic mass is 9.98. The number of nitrogens with one attached hydrogen (secondary N) is 1. The maximum absolute atomic E-state index is 10.2. The number of hydrogen-bond donors (Lipinski definition) is 2. The van der Waals surface area contributed by atoms with Crippen molar-refractivity contribution in [2.24, 2.45) is 0 Å². The van der Waals surface area contributed by atoms with E-state index in [4.69, 9.17) is 4.74 Å². The van der Waals surface area contributed by atoms with Gasteiger partial charge in [0, 0.05) is 5.56 Å². The summed E-state index contributed by atoms with van der Waals surface area (Å²) in [5, 5.41) is 20.3. The van der Waals surface area contributed by atoms with Crippen molar-refractivity contribution in [3.8, 4) is 5.75 Å². The zero-order chi connectivity index (χ0) is 11.7. The standard InChI is InChI=1S/C12H13N3O2/c16-11(10-7-13-15-14-10)9-5-1-3-8-4-2-6-17-12(8)9/h1,3,5,7,11,16H,2,4,6H2,(H,13,14,15). The highest BCUT2D eigenvalue weighted by Crippen LogP contribution is 2.34. The molecule has 0 spiro atoms. The van der Waals surface area contributed by atoms with Gasteiger partial charge in [-0.3, -0.25) is 0 Å². The number of rotatable bonds is 2. The minimum absolute atomic E-state index is 0.507. The Bertz CT molecular complexity index is 510. The summed E-state index contributed by atoms with van der Waals surface area (Å²) in [6.45, 7) is 0.704. The summed E-state index contributed by atoms with van der Waals surface area (Å²) in [4.78, 5) is 0. The number of benzene rings is 1. The lowest BCUT2D eigenvalue weighted by Gasteiger charge is -2.21. The van der Waals surface area contributed by atoms with Crippen LogP contribution in [0.4, 0.5) is 0 Å². The second-order valence-corrected chi connectivity index (χ2v) is 4.08. The van der Waals surface area contributed by atoms with Crippen molar-refractivity contribution < 1.29 is 9.84 Å². The molecular weight excluding hydrogens is 218 g/mol. The van der Waals surface area contributed by atoms with E-state index in [1.807, 2.05) is 18.2 Å². The van der Waals surface area contributed by atoms with Crippen LogP contribution < -0.4 is 4.74 Å². The number of aliphatic hydroxyl groups excluding tert-OH is 1. The van der Waals surface area contributed by atoms with Crippen LogP contribution in [0.2, 0.25) is 0 Å². The number of aromatic nitrogens is 3. The monoisotopic (exact) mass is 231 g/mol. The van der Waals surface area contributed by atoms with Crippen molar-refractivity contribution in [1.82, 2.24) is 15.4 Å². The van der Waals surface area contributed by atoms with Crippen molar-refractivity contribution in [2.75, 3.05) is 6.61 Å². The summed E-state index contributed by atoms with van der Waals surface area (Å²) in [6, 6.07) is 5.84. The molecule has 1 aromatic heterocycles. The normalized spacial score (nSPS) is 16.1. The fourth-order valence-corrected chi connectivity index (χ4v) is 2.13. The Morgan fingerprint density at radius 1 is 1.41 bits per heavy atom. The van der Waals surface area contributed by atoms with Gasteiger partial charge in [-0.15, -0.1) is 0 Å². The highest BCUT2D eigenvalue weighted by Gasteiger charge is 2.21. The average molecular weight is 231 g/mol. The maximum atomic E-state index is 10.2. The first-order valence-corrected chi connectivity index (χ1v) is 5.64. The number of aryl methyl sites for hydroxylation is 1. The molecule has 0 aliphatic carbocycles. The zero-order valence-corrected chi connectivity index (χ0v) is 9.26. The molecular formula is C12H13N3O2. The number of fused-ring (bicyclic) bond motifs is 1. The third-order valence-corrected chi connectivity index (χ3v) is 2.97. The molecule has 1 unspecified atom stereocenters. The third-order valence-electron chi connectivity index (χ3n) is 2.97. The number of nitrogens with zero attached hydrogens (tertiary/aromatic N) is 2. The van der Waals surface area contributed by atoms with Crippen LogP contribution in [0.1, 0.15) is 29.3 Å². The van der Waals surface area contributed by atoms with E-state index in [-0.39, 0.29) is 0 Å². The van der Waals surface area contributed by atoms with Crippen molar-refractivity contribution >= 4 is 0 Å². The van der Waals surface area contributed by atoms with Crippen LogP contribution in [0, 0.1) is 0 Å². The molecule has 2 N–H and O–H groups in total. The molecule has 2 aromatic rings. The van der Waals surface area contributed by atoms with Gasteiger partial charge in [0.05, 0.1) is 12.8 Å². The summed E-state index contributed by atoms with van der Waals surface area (Å²) < 4.78 is 5.66. The van der Waals surface area contributed by atoms with E-state index in [0.717, 1.165) is 29.7 Å². The van der Waals surface area contributed by atoms with Crippen LogP contribution >= 0.6 is 0 Å². The van der Waals surface area contributed by atoms with Crippen LogP contribution in [0.25, 0.3) is 0 Å². The molecule has 17 heavy (non-hydrogen) atoms. The molecule has 88 valence electrons. The molecule has 1 aliphatic heterocycles. The van der Waals surface area contributed by atoms with Gasteiger partial charge in [-0.05, 0) is 18.4 Å². The number of aromatic amines is 1. The Morgan fingerprint density at radius 2 is 2.35 bits per heavy atom. The fraction of sp³-hybridized carbons (Fsp3) is 0.333. The van der Waals surface area contributed by atoms with Gasteiger partial charge in [0.1, 0.15) is 17.5 Å². The van der Waals surface area contributed by atoms with Gasteiger partial charge < -0.3 is 9.84 Å². The summed E-state index contributed by atoms with van der Waals surface area (Å²) in [5.74, 6) is 0.800. The molecule has 5 heteroatoms. The number of ether oxygens (including phenoxy) is 1. The first kappa shape index (κ1) is 10.3. The van der Waals surface area contributed by atoms with Crippen LogP contribution in [0.3, 0.4) is 0 Å². The summed E-state index contributed by atoms with van der Waals surface area (Å²) in [5.41, 5.74) is 2.42. The minimum Gasteiger partial charge on any atom is -0.493 e. The lowest BCUT2D eigenvalue weighted by Crippen LogP contribution is -2.12. The topological polar surface area (TPSA) is 71.0 Å². The fourth-order valence-electron chi connectivity index (χ4n) is 2.13. The summed E-state index contributed by atoms with van der Waals surface area (Å²) >= 11 is 0. The molecule has 0 fully saturated rings. The van der Waals surface area contributed by atoms with Crippen LogP contribution in [0.5, 0.6) is 5.75 Å².